The summed E-state index contributed by atoms with van der Waals surface area (Å²) in [5.74, 6) is -3.24. The number of hydrogen-bond acceptors (Lipinski definition) is 16. The maximum Gasteiger partial charge on any atom is 0.407 e. The van der Waals surface area contributed by atoms with E-state index in [4.69, 9.17) is 43.0 Å². The third-order valence-corrected chi connectivity index (χ3v) is 10.3. The normalized spacial score (nSPS) is 11.4. The lowest BCUT2D eigenvalue weighted by Crippen LogP contribution is -2.41. The highest BCUT2D eigenvalue weighted by molar-refractivity contribution is 5.84. The van der Waals surface area contributed by atoms with Crippen molar-refractivity contribution in [1.29, 1.82) is 0 Å². The summed E-state index contributed by atoms with van der Waals surface area (Å²) in [4.78, 5) is 92.3. The first-order valence-electron chi connectivity index (χ1n) is 25.5. The zero-order chi connectivity index (χ0) is 52.1. The topological polar surface area (TPSA) is 311 Å². The second-order valence-electron chi connectivity index (χ2n) is 16.5. The lowest BCUT2D eigenvalue weighted by atomic mass is 10.0. The zero-order valence-electron chi connectivity index (χ0n) is 42.2. The molecule has 0 heterocycles. The summed E-state index contributed by atoms with van der Waals surface area (Å²) in [6, 6.07) is -1.16. The van der Waals surface area contributed by atoms with Crippen LogP contribution in [0.15, 0.2) is 0 Å². The van der Waals surface area contributed by atoms with Gasteiger partial charge in [0.1, 0.15) is 38.8 Å². The maximum atomic E-state index is 12.4. The summed E-state index contributed by atoms with van der Waals surface area (Å²) >= 11 is 0. The first kappa shape index (κ1) is 66.5. The first-order valence-corrected chi connectivity index (χ1v) is 25.5. The quantitative estimate of drug-likeness (QED) is 0.0340. The predicted molar refractivity (Wildman–Crippen MR) is 260 cm³/mol. The van der Waals surface area contributed by atoms with E-state index in [1.165, 1.54) is 57.8 Å². The molecule has 0 aromatic carbocycles. The Morgan fingerprint density at radius 3 is 1.21 bits per heavy atom. The van der Waals surface area contributed by atoms with Gasteiger partial charge < -0.3 is 79.5 Å². The predicted octanol–water partition coefficient (Wildman–Crippen LogP) is 2.83. The molecule has 0 aromatic rings. The van der Waals surface area contributed by atoms with Gasteiger partial charge >= 0.3 is 18.0 Å². The van der Waals surface area contributed by atoms with Crippen LogP contribution in [0.5, 0.6) is 0 Å². The number of aliphatic carboxylic acids is 2. The fraction of sp³-hybridized carbons (Fsp3) is 0.833. The van der Waals surface area contributed by atoms with Gasteiger partial charge in [-0.15, -0.1) is 0 Å². The van der Waals surface area contributed by atoms with E-state index in [1.807, 2.05) is 0 Å². The number of nitrogens with one attached hydrogen (secondary N) is 5. The molecule has 412 valence electrons. The Morgan fingerprint density at radius 2 is 0.775 bits per heavy atom. The molecule has 0 saturated carbocycles. The zero-order valence-corrected chi connectivity index (χ0v) is 42.2. The van der Waals surface area contributed by atoms with Crippen LogP contribution in [0.25, 0.3) is 0 Å². The van der Waals surface area contributed by atoms with Crippen LogP contribution in [0.2, 0.25) is 0 Å². The average molecular weight is 1020 g/mol. The van der Waals surface area contributed by atoms with Gasteiger partial charge in [0.05, 0.1) is 72.7 Å². The lowest BCUT2D eigenvalue weighted by molar-refractivity contribution is -0.142. The number of ether oxygens (including phenoxy) is 8. The Hall–Kier alpha value is -4.52. The molecule has 0 bridgehead atoms. The van der Waals surface area contributed by atoms with Gasteiger partial charge in [0.15, 0.2) is 0 Å². The van der Waals surface area contributed by atoms with Crippen LogP contribution in [0.1, 0.15) is 128 Å². The molecule has 5 amide bonds. The summed E-state index contributed by atoms with van der Waals surface area (Å²) in [5, 5.41) is 31.2. The number of hydrogen-bond donors (Lipinski definition) is 7. The molecule has 0 unspecified atom stereocenters. The molecule has 0 radical (unpaired) electrons. The smallest absolute Gasteiger partial charge is 0.407 e. The SMILES string of the molecule is O=CCOCCOCCNC(=O)COCCOCCNC(=O)COCCOCCNC(=O)OCCOCCNC(=O)CC[C@H](NC(=O)CCCCCCCCCCCCCCCCCCC(=O)O)C(=O)O. The van der Waals surface area contributed by atoms with Crippen molar-refractivity contribution in [3.8, 4) is 0 Å². The van der Waals surface area contributed by atoms with E-state index in [9.17, 15) is 43.5 Å². The second kappa shape index (κ2) is 51.8. The van der Waals surface area contributed by atoms with Crippen molar-refractivity contribution in [3.63, 3.8) is 0 Å². The molecule has 0 aromatic heterocycles. The molecule has 0 aliphatic carbocycles. The number of carbonyl (C=O) groups excluding carboxylic acids is 6. The van der Waals surface area contributed by atoms with E-state index in [0.717, 1.165) is 38.5 Å². The van der Waals surface area contributed by atoms with E-state index in [1.54, 1.807) is 0 Å². The van der Waals surface area contributed by atoms with E-state index in [-0.39, 0.29) is 148 Å². The minimum Gasteiger partial charge on any atom is -0.481 e. The van der Waals surface area contributed by atoms with E-state index >= 15 is 0 Å². The highest BCUT2D eigenvalue weighted by Gasteiger charge is 2.21. The molecule has 23 nitrogen and oxygen atoms in total. The fourth-order valence-electron chi connectivity index (χ4n) is 6.51. The number of amides is 5. The fourth-order valence-corrected chi connectivity index (χ4v) is 6.51. The van der Waals surface area contributed by atoms with Crippen LogP contribution >= 0.6 is 0 Å². The van der Waals surface area contributed by atoms with Crippen molar-refractivity contribution in [3.05, 3.63) is 0 Å². The summed E-state index contributed by atoms with van der Waals surface area (Å²) in [5.41, 5.74) is 0. The van der Waals surface area contributed by atoms with Gasteiger partial charge in [0, 0.05) is 45.4 Å². The van der Waals surface area contributed by atoms with E-state index in [0.29, 0.717) is 39.1 Å². The maximum absolute atomic E-state index is 12.4. The molecule has 0 fully saturated rings. The van der Waals surface area contributed by atoms with Crippen LogP contribution in [0, 0.1) is 0 Å². The van der Waals surface area contributed by atoms with Gasteiger partial charge in [-0.25, -0.2) is 9.59 Å². The Morgan fingerprint density at radius 1 is 0.394 bits per heavy atom. The number of aldehydes is 1. The molecule has 71 heavy (non-hydrogen) atoms. The molecule has 1 atom stereocenters. The van der Waals surface area contributed by atoms with Crippen LogP contribution in [0.3, 0.4) is 0 Å². The summed E-state index contributed by atoms with van der Waals surface area (Å²) < 4.78 is 41.7. The lowest BCUT2D eigenvalue weighted by Gasteiger charge is -2.14. The third kappa shape index (κ3) is 51.6. The minimum absolute atomic E-state index is 0.0248. The number of carbonyl (C=O) groups is 8. The van der Waals surface area contributed by atoms with Gasteiger partial charge in [-0.2, -0.15) is 0 Å². The number of unbranched alkanes of at least 4 members (excludes halogenated alkanes) is 15. The monoisotopic (exact) mass is 1020 g/mol. The Balaban J connectivity index is 3.60. The molecule has 0 aliphatic heterocycles. The van der Waals surface area contributed by atoms with Crippen molar-refractivity contribution in [2.24, 2.45) is 0 Å². The highest BCUT2D eigenvalue weighted by atomic mass is 16.6. The van der Waals surface area contributed by atoms with E-state index < -0.39 is 24.1 Å². The molecule has 0 spiro atoms. The number of alkyl carbamates (subject to hydrolysis) is 1. The molecule has 0 rings (SSSR count). The van der Waals surface area contributed by atoms with E-state index in [2.05, 4.69) is 26.6 Å². The average Bonchev–Trinajstić information content (AvgIpc) is 3.34. The van der Waals surface area contributed by atoms with Crippen molar-refractivity contribution < 1.29 is 86.5 Å². The minimum atomic E-state index is -1.20. The van der Waals surface area contributed by atoms with Gasteiger partial charge in [-0.05, 0) is 19.3 Å². The van der Waals surface area contributed by atoms with Crippen LogP contribution in [-0.4, -0.2) is 189 Å². The van der Waals surface area contributed by atoms with Crippen LogP contribution < -0.4 is 26.6 Å². The Labute approximate surface area is 419 Å². The molecule has 23 heteroatoms. The highest BCUT2D eigenvalue weighted by Crippen LogP contribution is 2.14. The molecular formula is C48H87N5O18. The van der Waals surface area contributed by atoms with Crippen molar-refractivity contribution >= 4 is 47.9 Å². The van der Waals surface area contributed by atoms with Gasteiger partial charge in [0.2, 0.25) is 23.6 Å². The van der Waals surface area contributed by atoms with Crippen LogP contribution in [-0.2, 0) is 71.5 Å². The van der Waals surface area contributed by atoms with Crippen molar-refractivity contribution in [1.82, 2.24) is 26.6 Å². The summed E-state index contributed by atoms with van der Waals surface area (Å²) in [6.07, 6.45) is 18.1. The molecule has 0 aliphatic rings. The van der Waals surface area contributed by atoms with Gasteiger partial charge in [-0.1, -0.05) is 89.9 Å². The summed E-state index contributed by atoms with van der Waals surface area (Å²) in [6.45, 7) is 3.06. The second-order valence-corrected chi connectivity index (χ2v) is 16.5. The standard InChI is InChI=1S/C48H87N5O18/c54-25-30-68-32-31-64-27-22-50-44(57)39-69-35-33-65-28-23-51-45(58)40-70-36-34-66-29-24-52-48(63)71-38-37-67-26-21-49-42(55)20-19-41(47(61)62)53-43(56)17-15-13-11-9-7-5-3-1-2-4-6-8-10-12-14-16-18-46(59)60/h25,41H,1-24,26-40H2,(H,49,55)(H,50,57)(H,51,58)(H,52,63)(H,53,56)(H,59,60)(H,61,62)/t41-/m0/s1. The number of rotatable bonds is 54. The van der Waals surface area contributed by atoms with Crippen LogP contribution in [0.4, 0.5) is 4.79 Å². The Bertz CT molecular complexity index is 1380. The molecular weight excluding hydrogens is 935 g/mol. The summed E-state index contributed by atoms with van der Waals surface area (Å²) in [7, 11) is 0. The first-order chi connectivity index (χ1) is 34.5. The van der Waals surface area contributed by atoms with Crippen molar-refractivity contribution in [2.45, 2.75) is 134 Å². The van der Waals surface area contributed by atoms with Gasteiger partial charge in [-0.3, -0.25) is 24.0 Å². The van der Waals surface area contributed by atoms with Gasteiger partial charge in [0.25, 0.3) is 0 Å². The molecule has 0 saturated heterocycles. The number of carboxylic acids is 2. The largest absolute Gasteiger partial charge is 0.481 e. The molecule has 7 N–H and O–H groups in total. The third-order valence-electron chi connectivity index (χ3n) is 10.3. The number of carboxylic acid groups (broad SMARTS) is 2. The Kier molecular flexibility index (Phi) is 48.5. The van der Waals surface area contributed by atoms with Crippen molar-refractivity contribution in [2.75, 3.05) is 125 Å².